The van der Waals surface area contributed by atoms with Gasteiger partial charge in [-0.05, 0) is 60.2 Å². The molecule has 0 aliphatic heterocycles. The minimum Gasteiger partial charge on any atom is -0.481 e. The summed E-state index contributed by atoms with van der Waals surface area (Å²) in [4.78, 5) is 62.9. The number of nitrogens with two attached hydrogens (primary N) is 1. The highest BCUT2D eigenvalue weighted by Crippen LogP contribution is 2.16. The molecular weight excluding hydrogens is 638 g/mol. The Balaban J connectivity index is 2.17. The fourth-order valence-electron chi connectivity index (χ4n) is 4.98. The average molecular weight is 690 g/mol. The van der Waals surface area contributed by atoms with E-state index < -0.39 is 59.9 Å². The molecule has 1 heterocycles. The maximum Gasteiger partial charge on any atom is 0.303 e. The van der Waals surface area contributed by atoms with E-state index in [0.29, 0.717) is 19.3 Å². The number of aliphatic hydroxyl groups is 1. The van der Waals surface area contributed by atoms with Crippen LogP contribution in [0.25, 0.3) is 0 Å². The van der Waals surface area contributed by atoms with Gasteiger partial charge in [-0.3, -0.25) is 24.0 Å². The van der Waals surface area contributed by atoms with Gasteiger partial charge in [-0.25, -0.2) is 0 Å². The number of carbonyl (C=O) groups excluding carboxylic acids is 3. The lowest BCUT2D eigenvalue weighted by molar-refractivity contribution is -0.138. The molecule has 266 valence electrons. The van der Waals surface area contributed by atoms with Crippen LogP contribution in [-0.2, 0) is 36.8 Å². The molecule has 13 nitrogen and oxygen atoms in total. The summed E-state index contributed by atoms with van der Waals surface area (Å²) in [5, 5.41) is 42.5. The first-order chi connectivity index (χ1) is 22.7. The number of rotatable bonds is 22. The monoisotopic (exact) mass is 689 g/mol. The minimum absolute atomic E-state index is 0.0334. The molecule has 0 aliphatic rings. The Labute approximate surface area is 286 Å². The zero-order chi connectivity index (χ0) is 35.8. The number of anilines is 1. The molecule has 0 spiro atoms. The van der Waals surface area contributed by atoms with E-state index in [1.54, 1.807) is 19.1 Å². The van der Waals surface area contributed by atoms with Gasteiger partial charge in [0.2, 0.25) is 17.7 Å². The van der Waals surface area contributed by atoms with Crippen molar-refractivity contribution >= 4 is 46.7 Å². The van der Waals surface area contributed by atoms with E-state index in [1.165, 1.54) is 11.3 Å². The molecule has 2 aromatic rings. The second-order valence-corrected chi connectivity index (χ2v) is 13.6. The molecule has 1 aromatic heterocycles. The number of hydrogen-bond donors (Lipinski definition) is 8. The van der Waals surface area contributed by atoms with Crippen molar-refractivity contribution in [3.05, 3.63) is 52.2 Å². The molecule has 14 heteroatoms. The van der Waals surface area contributed by atoms with E-state index in [4.69, 9.17) is 15.9 Å². The van der Waals surface area contributed by atoms with E-state index in [9.17, 15) is 29.1 Å². The van der Waals surface area contributed by atoms with Crippen LogP contribution >= 0.6 is 11.3 Å². The molecule has 0 bridgehead atoms. The number of amides is 3. The van der Waals surface area contributed by atoms with E-state index in [1.807, 2.05) is 50.4 Å². The third kappa shape index (κ3) is 14.4. The number of carboxylic acids is 2. The van der Waals surface area contributed by atoms with Gasteiger partial charge < -0.3 is 42.3 Å². The van der Waals surface area contributed by atoms with Crippen molar-refractivity contribution < 1.29 is 39.3 Å². The summed E-state index contributed by atoms with van der Waals surface area (Å²) < 4.78 is 0. The summed E-state index contributed by atoms with van der Waals surface area (Å²) in [6, 6.07) is 7.13. The topological polar surface area (TPSA) is 220 Å². The van der Waals surface area contributed by atoms with Gasteiger partial charge in [0, 0.05) is 36.4 Å². The highest BCUT2D eigenvalue weighted by molar-refractivity contribution is 7.09. The van der Waals surface area contributed by atoms with Crippen molar-refractivity contribution in [3.8, 4) is 0 Å². The number of aliphatic carboxylic acids is 2. The number of thiophene rings is 1. The van der Waals surface area contributed by atoms with E-state index in [2.05, 4.69) is 21.3 Å². The molecule has 0 unspecified atom stereocenters. The summed E-state index contributed by atoms with van der Waals surface area (Å²) in [5.74, 6) is -3.87. The number of carbonyl (C=O) groups is 5. The highest BCUT2D eigenvalue weighted by atomic mass is 32.1. The fraction of sp³-hybridized carbons (Fsp3) is 0.559. The Bertz CT molecular complexity index is 1320. The number of nitrogens with one attached hydrogen (secondary N) is 4. The average Bonchev–Trinajstić information content (AvgIpc) is 3.56. The zero-order valence-corrected chi connectivity index (χ0v) is 28.9. The van der Waals surface area contributed by atoms with Gasteiger partial charge in [0.1, 0.15) is 12.1 Å². The van der Waals surface area contributed by atoms with Crippen LogP contribution in [0.1, 0.15) is 70.2 Å². The van der Waals surface area contributed by atoms with Crippen molar-refractivity contribution in [2.24, 2.45) is 17.6 Å². The lowest BCUT2D eigenvalue weighted by Crippen LogP contribution is -2.59. The van der Waals surface area contributed by atoms with Crippen LogP contribution in [0.3, 0.4) is 0 Å². The van der Waals surface area contributed by atoms with Crippen LogP contribution in [0.5, 0.6) is 0 Å². The number of benzene rings is 1. The van der Waals surface area contributed by atoms with Crippen molar-refractivity contribution in [2.75, 3.05) is 11.9 Å². The summed E-state index contributed by atoms with van der Waals surface area (Å²) in [7, 11) is 0. The number of carboxylic acid groups (broad SMARTS) is 2. The highest BCUT2D eigenvalue weighted by Gasteiger charge is 2.33. The molecule has 0 saturated carbocycles. The number of aryl methyl sites for hydroxylation is 1. The Kier molecular flexibility index (Phi) is 17.1. The van der Waals surface area contributed by atoms with Crippen LogP contribution < -0.4 is 27.0 Å². The quantitative estimate of drug-likeness (QED) is 0.0903. The Morgan fingerprint density at radius 1 is 0.875 bits per heavy atom. The zero-order valence-electron chi connectivity index (χ0n) is 28.1. The summed E-state index contributed by atoms with van der Waals surface area (Å²) in [6.07, 6.45) is 0.253. The van der Waals surface area contributed by atoms with Gasteiger partial charge in [-0.15, -0.1) is 11.3 Å². The van der Waals surface area contributed by atoms with E-state index in [-0.39, 0.29) is 44.1 Å². The molecule has 48 heavy (non-hydrogen) atoms. The van der Waals surface area contributed by atoms with Gasteiger partial charge in [0.05, 0.1) is 18.2 Å². The SMILES string of the molecule is CC[C@H](C)[C@H](NC(=O)[C@@H](N)CCC(=O)O)C(=O)N[C@@H](Cc1cccs1)C(=O)N[C@@H](CC(C)C)[C@H](O)CNc1ccc(CCC(=O)O)cc1. The molecule has 0 fully saturated rings. The third-order valence-electron chi connectivity index (χ3n) is 8.03. The molecule has 6 atom stereocenters. The van der Waals surface area contributed by atoms with E-state index >= 15 is 0 Å². The fourth-order valence-corrected chi connectivity index (χ4v) is 5.73. The van der Waals surface area contributed by atoms with Crippen molar-refractivity contribution in [1.29, 1.82) is 0 Å². The van der Waals surface area contributed by atoms with Crippen LogP contribution in [0.15, 0.2) is 41.8 Å². The minimum atomic E-state index is -1.12. The van der Waals surface area contributed by atoms with Crippen molar-refractivity contribution in [3.63, 3.8) is 0 Å². The first-order valence-corrected chi connectivity index (χ1v) is 17.2. The van der Waals surface area contributed by atoms with Crippen LogP contribution in [-0.4, -0.2) is 81.8 Å². The molecule has 2 rings (SSSR count). The first kappa shape index (κ1) is 40.2. The maximum atomic E-state index is 13.8. The number of hydrogen-bond acceptors (Lipinski definition) is 9. The predicted octanol–water partition coefficient (Wildman–Crippen LogP) is 2.52. The smallest absolute Gasteiger partial charge is 0.303 e. The first-order valence-electron chi connectivity index (χ1n) is 16.3. The molecule has 9 N–H and O–H groups in total. The number of aliphatic hydroxyl groups excluding tert-OH is 1. The molecule has 0 saturated heterocycles. The predicted molar refractivity (Wildman–Crippen MR) is 184 cm³/mol. The largest absolute Gasteiger partial charge is 0.481 e. The molecule has 0 aliphatic carbocycles. The van der Waals surface area contributed by atoms with Crippen molar-refractivity contribution in [1.82, 2.24) is 16.0 Å². The Morgan fingerprint density at radius 3 is 2.10 bits per heavy atom. The second-order valence-electron chi connectivity index (χ2n) is 12.5. The van der Waals surface area contributed by atoms with Gasteiger partial charge in [-0.1, -0.05) is 52.3 Å². The molecule has 0 radical (unpaired) electrons. The van der Waals surface area contributed by atoms with Crippen molar-refractivity contribution in [2.45, 2.75) is 103 Å². The summed E-state index contributed by atoms with van der Waals surface area (Å²) >= 11 is 1.43. The Hall–Kier alpha value is -4.01. The van der Waals surface area contributed by atoms with E-state index in [0.717, 1.165) is 16.1 Å². The lowest BCUT2D eigenvalue weighted by Gasteiger charge is -2.30. The van der Waals surface area contributed by atoms with Gasteiger partial charge >= 0.3 is 11.9 Å². The maximum absolute atomic E-state index is 13.8. The standard InChI is InChI=1S/C34H51N5O8S/c1-5-21(4)31(39-32(45)25(35)13-15-30(43)44)34(47)38-27(18-24-7-6-16-48-24)33(46)37-26(17-20(2)3)28(40)19-36-23-11-8-22(9-12-23)10-14-29(41)42/h6-9,11-12,16,20-21,25-28,31,36,40H,5,10,13-15,17-19,35H2,1-4H3,(H,37,46)(H,38,47)(H,39,45)(H,41,42)(H,43,44)/t21-,25-,26-,27-,28+,31-/m0/s1. The second kappa shape index (κ2) is 20.4. The molecule has 3 amide bonds. The van der Waals surface area contributed by atoms with Gasteiger partial charge in [0.15, 0.2) is 0 Å². The van der Waals surface area contributed by atoms with Crippen LogP contribution in [0.4, 0.5) is 5.69 Å². The van der Waals surface area contributed by atoms with Gasteiger partial charge in [-0.2, -0.15) is 0 Å². The summed E-state index contributed by atoms with van der Waals surface area (Å²) in [5.41, 5.74) is 7.50. The lowest BCUT2D eigenvalue weighted by atomic mass is 9.96. The van der Waals surface area contributed by atoms with Gasteiger partial charge in [0.25, 0.3) is 0 Å². The normalized spacial score (nSPS) is 15.0. The molecular formula is C34H51N5O8S. The molecule has 1 aromatic carbocycles. The van der Waals surface area contributed by atoms with Crippen LogP contribution in [0.2, 0.25) is 0 Å². The summed E-state index contributed by atoms with van der Waals surface area (Å²) in [6.45, 7) is 7.71. The third-order valence-corrected chi connectivity index (χ3v) is 8.93. The van der Waals surface area contributed by atoms with Crippen LogP contribution in [0, 0.1) is 11.8 Å². The Morgan fingerprint density at radius 2 is 1.54 bits per heavy atom.